The fourth-order valence-electron chi connectivity index (χ4n) is 5.20. The molecule has 8 nitrogen and oxygen atoms in total. The minimum Gasteiger partial charge on any atom is -0.403 e. The molecular weight excluding hydrogens is 489 g/mol. The van der Waals surface area contributed by atoms with Gasteiger partial charge < -0.3 is 14.5 Å². The van der Waals surface area contributed by atoms with Crippen molar-refractivity contribution in [3.8, 4) is 5.75 Å². The van der Waals surface area contributed by atoms with Crippen LogP contribution in [0.2, 0.25) is 0 Å². The molecule has 0 spiro atoms. The molecule has 3 atom stereocenters. The number of ether oxygens (including phenoxy) is 1. The molecule has 0 N–H and O–H groups in total. The van der Waals surface area contributed by atoms with Gasteiger partial charge in [0, 0.05) is 32.1 Å². The number of carbonyl (C=O) groups excluding carboxylic acids is 2. The molecule has 2 aliphatic heterocycles. The van der Waals surface area contributed by atoms with Crippen LogP contribution >= 0.6 is 0 Å². The van der Waals surface area contributed by atoms with Crippen LogP contribution in [0.1, 0.15) is 46.4 Å². The van der Waals surface area contributed by atoms with Crippen LogP contribution in [-0.4, -0.2) is 58.3 Å². The monoisotopic (exact) mass is 512 g/mol. The van der Waals surface area contributed by atoms with Crippen LogP contribution in [0.15, 0.2) is 53.5 Å². The second-order valence-electron chi connectivity index (χ2n) is 9.26. The van der Waals surface area contributed by atoms with Crippen molar-refractivity contribution < 1.29 is 27.5 Å². The summed E-state index contributed by atoms with van der Waals surface area (Å²) in [5, 5.41) is 4.23. The number of carbonyl (C=O) groups is 2. The predicted octanol–water partition coefficient (Wildman–Crippen LogP) is 3.71. The molecule has 1 saturated heterocycles. The Morgan fingerprint density at radius 1 is 1.11 bits per heavy atom. The molecule has 2 amide bonds. The molecule has 5 rings (SSSR count). The van der Waals surface area contributed by atoms with E-state index in [1.807, 2.05) is 0 Å². The van der Waals surface area contributed by atoms with Crippen LogP contribution in [0.4, 0.5) is 18.0 Å². The Labute approximate surface area is 209 Å². The summed E-state index contributed by atoms with van der Waals surface area (Å²) in [6.45, 7) is 0.353. The number of nitrogens with zero attached hydrogens (tertiary/aromatic N) is 4. The number of aromatic nitrogens is 2. The summed E-state index contributed by atoms with van der Waals surface area (Å²) >= 11 is 0. The first-order valence-electron chi connectivity index (χ1n) is 11.7. The van der Waals surface area contributed by atoms with Crippen LogP contribution in [0.25, 0.3) is 0 Å². The smallest absolute Gasteiger partial charge is 0.403 e. The van der Waals surface area contributed by atoms with Gasteiger partial charge in [-0.05, 0) is 36.6 Å². The third-order valence-corrected chi connectivity index (χ3v) is 6.85. The zero-order valence-electron chi connectivity index (χ0n) is 20.0. The molecule has 3 heterocycles. The highest BCUT2D eigenvalue weighted by Crippen LogP contribution is 2.46. The molecular formula is C26H23F3N4O4. The molecule has 11 heteroatoms. The quantitative estimate of drug-likeness (QED) is 0.532. The molecule has 2 aliphatic rings. The third-order valence-electron chi connectivity index (χ3n) is 6.85. The number of rotatable bonds is 4. The van der Waals surface area contributed by atoms with Gasteiger partial charge in [-0.2, -0.15) is 5.10 Å². The van der Waals surface area contributed by atoms with E-state index in [9.17, 15) is 23.2 Å². The minimum absolute atomic E-state index is 0.0175. The molecule has 1 fully saturated rings. The summed E-state index contributed by atoms with van der Waals surface area (Å²) in [7, 11) is 2.85. The molecule has 0 unspecified atom stereocenters. The van der Waals surface area contributed by atoms with E-state index in [0.717, 1.165) is 17.2 Å². The van der Waals surface area contributed by atoms with Crippen molar-refractivity contribution in [3.63, 3.8) is 0 Å². The molecule has 0 bridgehead atoms. The summed E-state index contributed by atoms with van der Waals surface area (Å²) in [6, 6.07) is 7.83. The molecule has 192 valence electrons. The Morgan fingerprint density at radius 3 is 2.54 bits per heavy atom. The fraction of sp³-hybridized carbons (Fsp3) is 0.308. The Balaban J connectivity index is 1.78. The Kier molecular flexibility index (Phi) is 6.22. The first-order valence-corrected chi connectivity index (χ1v) is 11.7. The van der Waals surface area contributed by atoms with Crippen molar-refractivity contribution >= 4 is 12.0 Å². The van der Waals surface area contributed by atoms with Crippen molar-refractivity contribution in [3.05, 3.63) is 93.2 Å². The van der Waals surface area contributed by atoms with Gasteiger partial charge in [-0.1, -0.05) is 24.3 Å². The lowest BCUT2D eigenvalue weighted by atomic mass is 9.79. The zero-order chi connectivity index (χ0) is 26.4. The lowest BCUT2D eigenvalue weighted by Gasteiger charge is -2.42. The zero-order valence-corrected chi connectivity index (χ0v) is 20.0. The van der Waals surface area contributed by atoms with Crippen molar-refractivity contribution in [2.24, 2.45) is 0 Å². The van der Waals surface area contributed by atoms with E-state index in [4.69, 9.17) is 4.74 Å². The molecule has 0 aliphatic carbocycles. The maximum absolute atomic E-state index is 15.3. The second-order valence-corrected chi connectivity index (χ2v) is 9.26. The van der Waals surface area contributed by atoms with Gasteiger partial charge in [0.05, 0.1) is 18.3 Å². The van der Waals surface area contributed by atoms with Crippen molar-refractivity contribution in [1.29, 1.82) is 0 Å². The molecule has 37 heavy (non-hydrogen) atoms. The van der Waals surface area contributed by atoms with Crippen molar-refractivity contribution in [1.82, 2.24) is 19.6 Å². The average Bonchev–Trinajstić information content (AvgIpc) is 3.36. The standard InChI is InChI=1S/C26H23F3N4O4/c1-31(2)26(36)37-24-19(34)13-30-33-22(18-7-4-12-32(18)25(35)23(24)33)20(14-8-10-15(27)11-9-14)16-5-3-6-17(28)21(16)29/h3,5-6,8-11,13,18,20,22H,4,7,12H2,1-2H3/t18-,20-,22-/m1/s1. The number of hydrogen-bond acceptors (Lipinski definition) is 5. The summed E-state index contributed by atoms with van der Waals surface area (Å²) in [6.07, 6.45) is 1.21. The van der Waals surface area contributed by atoms with Gasteiger partial charge in [0.1, 0.15) is 5.82 Å². The Hall–Kier alpha value is -4.15. The van der Waals surface area contributed by atoms with Crippen LogP contribution in [0, 0.1) is 17.5 Å². The maximum Gasteiger partial charge on any atom is 0.414 e. The van der Waals surface area contributed by atoms with Crippen LogP contribution in [-0.2, 0) is 0 Å². The second kappa shape index (κ2) is 9.38. The largest absolute Gasteiger partial charge is 0.414 e. The molecule has 3 aromatic rings. The molecule has 2 aromatic carbocycles. The number of hydrogen-bond donors (Lipinski definition) is 0. The fourth-order valence-corrected chi connectivity index (χ4v) is 5.20. The molecule has 0 radical (unpaired) electrons. The van der Waals surface area contributed by atoms with Gasteiger partial charge in [-0.3, -0.25) is 9.59 Å². The van der Waals surface area contributed by atoms with E-state index >= 15 is 4.39 Å². The van der Waals surface area contributed by atoms with E-state index in [1.54, 1.807) is 4.90 Å². The summed E-state index contributed by atoms with van der Waals surface area (Å²) in [5.41, 5.74) is -0.595. The van der Waals surface area contributed by atoms with E-state index in [-0.39, 0.29) is 11.3 Å². The van der Waals surface area contributed by atoms with Crippen molar-refractivity contribution in [2.75, 3.05) is 20.6 Å². The Morgan fingerprint density at radius 2 is 1.84 bits per heavy atom. The number of halogens is 3. The topological polar surface area (TPSA) is 84.7 Å². The number of fused-ring (bicyclic) bond motifs is 2. The predicted molar refractivity (Wildman–Crippen MR) is 126 cm³/mol. The highest BCUT2D eigenvalue weighted by molar-refractivity contribution is 5.97. The van der Waals surface area contributed by atoms with E-state index < -0.39 is 58.6 Å². The third kappa shape index (κ3) is 4.13. The SMILES string of the molecule is CN(C)C(=O)Oc1c2n(ncc1=O)[C@@H]([C@H](c1ccc(F)cc1)c1cccc(F)c1F)[C@H]1CCCN1C2=O. The molecule has 0 saturated carbocycles. The number of amides is 2. The normalized spacial score (nSPS) is 19.3. The first kappa shape index (κ1) is 24.5. The lowest BCUT2D eigenvalue weighted by molar-refractivity contribution is 0.0563. The minimum atomic E-state index is -1.08. The highest BCUT2D eigenvalue weighted by Gasteiger charge is 2.49. The van der Waals surface area contributed by atoms with Gasteiger partial charge in [-0.25, -0.2) is 22.6 Å². The number of benzene rings is 2. The summed E-state index contributed by atoms with van der Waals surface area (Å²) in [5.74, 6) is -4.63. The first-order chi connectivity index (χ1) is 17.7. The average molecular weight is 512 g/mol. The molecule has 1 aromatic heterocycles. The van der Waals surface area contributed by atoms with Gasteiger partial charge in [0.15, 0.2) is 17.3 Å². The van der Waals surface area contributed by atoms with Gasteiger partial charge in [0.25, 0.3) is 5.91 Å². The van der Waals surface area contributed by atoms with Crippen LogP contribution < -0.4 is 10.2 Å². The highest BCUT2D eigenvalue weighted by atomic mass is 19.2. The van der Waals surface area contributed by atoms with Gasteiger partial charge in [0.2, 0.25) is 11.2 Å². The van der Waals surface area contributed by atoms with Crippen molar-refractivity contribution in [2.45, 2.75) is 30.8 Å². The lowest BCUT2D eigenvalue weighted by Crippen LogP contribution is -2.51. The van der Waals surface area contributed by atoms with E-state index in [0.29, 0.717) is 24.9 Å². The summed E-state index contributed by atoms with van der Waals surface area (Å²) in [4.78, 5) is 41.3. The van der Waals surface area contributed by atoms with E-state index in [1.165, 1.54) is 55.2 Å². The maximum atomic E-state index is 15.3. The van der Waals surface area contributed by atoms with Gasteiger partial charge in [-0.15, -0.1) is 0 Å². The summed E-state index contributed by atoms with van der Waals surface area (Å²) < 4.78 is 50.1. The Bertz CT molecular complexity index is 1440. The van der Waals surface area contributed by atoms with Crippen LogP contribution in [0.3, 0.4) is 0 Å². The van der Waals surface area contributed by atoms with Gasteiger partial charge >= 0.3 is 6.09 Å². The van der Waals surface area contributed by atoms with Crippen LogP contribution in [0.5, 0.6) is 5.75 Å². The van der Waals surface area contributed by atoms with E-state index in [2.05, 4.69) is 5.10 Å².